The number of anilines is 1. The number of rotatable bonds is 7. The van der Waals surface area contributed by atoms with Gasteiger partial charge in [0.25, 0.3) is 17.7 Å². The van der Waals surface area contributed by atoms with Gasteiger partial charge in [0.15, 0.2) is 0 Å². The van der Waals surface area contributed by atoms with E-state index in [9.17, 15) is 14.4 Å². The third-order valence-corrected chi connectivity index (χ3v) is 9.76. The molecule has 9 nitrogen and oxygen atoms in total. The average molecular weight is 609 g/mol. The molecule has 0 bridgehead atoms. The Labute approximate surface area is 265 Å². The summed E-state index contributed by atoms with van der Waals surface area (Å²) in [5, 5.41) is 6.06. The van der Waals surface area contributed by atoms with Crippen molar-refractivity contribution in [2.45, 2.75) is 52.1 Å². The number of hydrogen-bond donors (Lipinski definition) is 3. The van der Waals surface area contributed by atoms with E-state index in [0.29, 0.717) is 34.0 Å². The van der Waals surface area contributed by atoms with Gasteiger partial charge in [-0.15, -0.1) is 0 Å². The average Bonchev–Trinajstić information content (AvgIpc) is 3.52. The molecule has 6 rings (SSSR count). The first-order valence-electron chi connectivity index (χ1n) is 16.2. The van der Waals surface area contributed by atoms with Crippen LogP contribution in [0, 0.1) is 13.8 Å². The van der Waals surface area contributed by atoms with E-state index in [-0.39, 0.29) is 23.8 Å². The predicted octanol–water partition coefficient (Wildman–Crippen LogP) is 4.86. The van der Waals surface area contributed by atoms with Crippen LogP contribution in [0.2, 0.25) is 0 Å². The molecule has 3 amide bonds. The number of likely N-dealkylation sites (tertiary alicyclic amines) is 1. The van der Waals surface area contributed by atoms with E-state index in [1.807, 2.05) is 56.0 Å². The van der Waals surface area contributed by atoms with Gasteiger partial charge in [-0.3, -0.25) is 19.3 Å². The predicted molar refractivity (Wildman–Crippen MR) is 178 cm³/mol. The van der Waals surface area contributed by atoms with Gasteiger partial charge < -0.3 is 25.4 Å². The van der Waals surface area contributed by atoms with Crippen molar-refractivity contribution in [3.05, 3.63) is 87.7 Å². The highest BCUT2D eigenvalue weighted by molar-refractivity contribution is 6.35. The molecule has 0 unspecified atom stereocenters. The highest BCUT2D eigenvalue weighted by Crippen LogP contribution is 2.35. The van der Waals surface area contributed by atoms with Crippen LogP contribution in [-0.2, 0) is 4.79 Å². The van der Waals surface area contributed by atoms with Crippen LogP contribution in [0.4, 0.5) is 5.69 Å². The van der Waals surface area contributed by atoms with Crippen LogP contribution in [0.3, 0.4) is 0 Å². The summed E-state index contributed by atoms with van der Waals surface area (Å²) in [5.74, 6) is -0.390. The molecular formula is C36H44N6O3. The van der Waals surface area contributed by atoms with Crippen LogP contribution in [0.15, 0.2) is 48.5 Å². The zero-order valence-electron chi connectivity index (χ0n) is 26.8. The lowest BCUT2D eigenvalue weighted by molar-refractivity contribution is -0.110. The summed E-state index contributed by atoms with van der Waals surface area (Å²) in [7, 11) is 2.18. The molecule has 0 radical (unpaired) electrons. The van der Waals surface area contributed by atoms with Crippen LogP contribution >= 0.6 is 0 Å². The topological polar surface area (TPSA) is 101 Å². The Kier molecular flexibility index (Phi) is 8.92. The van der Waals surface area contributed by atoms with Crippen molar-refractivity contribution < 1.29 is 14.4 Å². The number of fused-ring (bicyclic) bond motifs is 1. The number of piperidine rings is 1. The van der Waals surface area contributed by atoms with Crippen LogP contribution in [0.5, 0.6) is 0 Å². The van der Waals surface area contributed by atoms with Crippen molar-refractivity contribution in [1.82, 2.24) is 25.0 Å². The van der Waals surface area contributed by atoms with E-state index in [4.69, 9.17) is 0 Å². The van der Waals surface area contributed by atoms with Gasteiger partial charge in [0.05, 0.1) is 17.2 Å². The van der Waals surface area contributed by atoms with E-state index in [0.717, 1.165) is 68.2 Å². The summed E-state index contributed by atoms with van der Waals surface area (Å²) in [6.07, 6.45) is 4.94. The normalized spacial score (nSPS) is 19.4. The van der Waals surface area contributed by atoms with E-state index in [1.165, 1.54) is 12.8 Å². The Morgan fingerprint density at radius 2 is 1.71 bits per heavy atom. The third kappa shape index (κ3) is 6.32. The lowest BCUT2D eigenvalue weighted by Crippen LogP contribution is -2.54. The number of carbonyl (C=O) groups excluding carboxylic acids is 3. The number of piperazine rings is 1. The zero-order chi connectivity index (χ0) is 31.7. The van der Waals surface area contributed by atoms with E-state index < -0.39 is 0 Å². The number of aromatic amines is 1. The third-order valence-electron chi connectivity index (χ3n) is 9.76. The smallest absolute Gasteiger partial charge is 0.256 e. The molecule has 0 aliphatic carbocycles. The van der Waals surface area contributed by atoms with Gasteiger partial charge in [-0.2, -0.15) is 0 Å². The molecule has 2 aromatic carbocycles. The molecule has 45 heavy (non-hydrogen) atoms. The molecule has 0 spiro atoms. The van der Waals surface area contributed by atoms with Crippen LogP contribution in [0.25, 0.3) is 11.6 Å². The number of carbonyl (C=O) groups is 3. The monoisotopic (exact) mass is 608 g/mol. The molecule has 3 aliphatic rings. The second-order valence-electron chi connectivity index (χ2n) is 12.6. The first kappa shape index (κ1) is 30.8. The first-order valence-corrected chi connectivity index (χ1v) is 16.2. The summed E-state index contributed by atoms with van der Waals surface area (Å²) in [5.41, 5.74) is 6.35. The molecule has 3 N–H and O–H groups in total. The molecule has 2 fully saturated rings. The summed E-state index contributed by atoms with van der Waals surface area (Å²) < 4.78 is 0. The number of nitrogens with one attached hydrogen (secondary N) is 3. The summed E-state index contributed by atoms with van der Waals surface area (Å²) in [6.45, 7) is 11.4. The fourth-order valence-corrected chi connectivity index (χ4v) is 7.01. The fraction of sp³-hybridized carbons (Fsp3) is 0.417. The Bertz CT molecular complexity index is 1610. The maximum absolute atomic E-state index is 13.8. The molecule has 4 heterocycles. The van der Waals surface area contributed by atoms with Gasteiger partial charge >= 0.3 is 0 Å². The number of aryl methyl sites for hydroxylation is 1. The number of hydrogen-bond acceptors (Lipinski definition) is 5. The van der Waals surface area contributed by atoms with E-state index in [1.54, 1.807) is 24.3 Å². The van der Waals surface area contributed by atoms with Gasteiger partial charge in [-0.25, -0.2) is 0 Å². The first-order chi connectivity index (χ1) is 21.7. The summed E-state index contributed by atoms with van der Waals surface area (Å²) in [6, 6.07) is 15.7. The summed E-state index contributed by atoms with van der Waals surface area (Å²) in [4.78, 5) is 50.4. The van der Waals surface area contributed by atoms with Crippen molar-refractivity contribution in [3.8, 4) is 0 Å². The number of benzene rings is 2. The largest absolute Gasteiger partial charge is 0.358 e. The summed E-state index contributed by atoms with van der Waals surface area (Å²) >= 11 is 0. The van der Waals surface area contributed by atoms with Gasteiger partial charge in [-0.1, -0.05) is 37.3 Å². The second-order valence-corrected chi connectivity index (χ2v) is 12.6. The standard InChI is InChI=1S/C36H44N6O3/c1-5-30(25-9-7-6-8-10-25)38-34(43)26-11-12-31-28(21-26)29(35(44)39-31)22-32-23(2)33(24(3)37-32)36(45)42-19-17-41(18-20-42)27-13-15-40(4)16-14-27/h6-12,21-22,27,30,37H,5,13-20H2,1-4H3,(H,38,43)(H,39,44)/b29-22-/t30-/m0/s1. The second kappa shape index (κ2) is 13.0. The fourth-order valence-electron chi connectivity index (χ4n) is 7.01. The SMILES string of the molecule is CC[C@H](NC(=O)c1ccc2c(c1)/C(=C/c1[nH]c(C)c(C(=O)N3CCN(C4CCN(C)CC4)CC3)c1C)C(=O)N2)c1ccccc1. The molecule has 1 atom stereocenters. The Hall–Kier alpha value is -4.21. The molecule has 3 aromatic rings. The molecular weight excluding hydrogens is 564 g/mol. The minimum atomic E-state index is -0.233. The Morgan fingerprint density at radius 3 is 2.40 bits per heavy atom. The van der Waals surface area contributed by atoms with Crippen molar-refractivity contribution in [3.63, 3.8) is 0 Å². The quantitative estimate of drug-likeness (QED) is 0.333. The lowest BCUT2D eigenvalue weighted by Gasteiger charge is -2.42. The Morgan fingerprint density at radius 1 is 1.00 bits per heavy atom. The van der Waals surface area contributed by atoms with Crippen molar-refractivity contribution in [2.24, 2.45) is 0 Å². The molecule has 236 valence electrons. The van der Waals surface area contributed by atoms with Crippen molar-refractivity contribution in [2.75, 3.05) is 51.6 Å². The molecule has 3 aliphatic heterocycles. The van der Waals surface area contributed by atoms with Gasteiger partial charge in [0.2, 0.25) is 0 Å². The zero-order valence-corrected chi connectivity index (χ0v) is 26.8. The Balaban J connectivity index is 1.18. The number of aromatic nitrogens is 1. The van der Waals surface area contributed by atoms with Gasteiger partial charge in [0, 0.05) is 60.4 Å². The van der Waals surface area contributed by atoms with Gasteiger partial charge in [-0.05, 0) is 88.6 Å². The van der Waals surface area contributed by atoms with Gasteiger partial charge in [0.1, 0.15) is 0 Å². The van der Waals surface area contributed by atoms with E-state index in [2.05, 4.69) is 32.5 Å². The number of nitrogens with zero attached hydrogens (tertiary/aromatic N) is 3. The van der Waals surface area contributed by atoms with Crippen LogP contribution in [-0.4, -0.2) is 89.8 Å². The maximum Gasteiger partial charge on any atom is 0.256 e. The minimum Gasteiger partial charge on any atom is -0.358 e. The molecule has 0 saturated carbocycles. The van der Waals surface area contributed by atoms with Crippen LogP contribution < -0.4 is 10.6 Å². The molecule has 1 aromatic heterocycles. The molecule has 9 heteroatoms. The maximum atomic E-state index is 13.8. The highest BCUT2D eigenvalue weighted by Gasteiger charge is 2.31. The minimum absolute atomic E-state index is 0.0352. The lowest BCUT2D eigenvalue weighted by atomic mass is 10.00. The van der Waals surface area contributed by atoms with Crippen molar-refractivity contribution in [1.29, 1.82) is 0 Å². The molecule has 2 saturated heterocycles. The highest BCUT2D eigenvalue weighted by atomic mass is 16.2. The van der Waals surface area contributed by atoms with Crippen LogP contribution in [0.1, 0.15) is 81.0 Å². The number of amides is 3. The number of H-pyrrole nitrogens is 1. The van der Waals surface area contributed by atoms with E-state index >= 15 is 0 Å². The van der Waals surface area contributed by atoms with Crippen molar-refractivity contribution >= 4 is 35.1 Å².